The topological polar surface area (TPSA) is 62.3 Å². The molecule has 0 spiro atoms. The minimum absolute atomic E-state index is 0.0688. The maximum atomic E-state index is 6.22. The number of hydrogen-bond acceptors (Lipinski definition) is 4. The second kappa shape index (κ2) is 4.43. The summed E-state index contributed by atoms with van der Waals surface area (Å²) in [6.45, 7) is 2.08. The van der Waals surface area contributed by atoms with Gasteiger partial charge in [-0.15, -0.1) is 0 Å². The van der Waals surface area contributed by atoms with Gasteiger partial charge in [-0.05, 0) is 19.8 Å². The maximum Gasteiger partial charge on any atom is 0.161 e. The largest absolute Gasteiger partial charge is 0.493 e. The fourth-order valence-electron chi connectivity index (χ4n) is 2.24. The fourth-order valence-corrected chi connectivity index (χ4v) is 2.24. The average Bonchev–Trinajstić information content (AvgIpc) is 2.83. The Morgan fingerprint density at radius 1 is 1.62 bits per heavy atom. The van der Waals surface area contributed by atoms with Crippen LogP contribution in [-0.4, -0.2) is 29.1 Å². The van der Waals surface area contributed by atoms with Crippen molar-refractivity contribution >= 4 is 0 Å². The van der Waals surface area contributed by atoms with Crippen molar-refractivity contribution < 1.29 is 9.47 Å². The molecule has 1 aliphatic rings. The van der Waals surface area contributed by atoms with Crippen molar-refractivity contribution in [2.45, 2.75) is 38.0 Å². The minimum atomic E-state index is -0.174. The summed E-state index contributed by atoms with van der Waals surface area (Å²) in [5, 5.41) is 4.16. The van der Waals surface area contributed by atoms with Crippen molar-refractivity contribution in [2.24, 2.45) is 12.8 Å². The van der Waals surface area contributed by atoms with E-state index in [0.29, 0.717) is 6.10 Å². The predicted octanol–water partition coefficient (Wildman–Crippen LogP) is 0.996. The zero-order chi connectivity index (χ0) is 11.7. The lowest BCUT2D eigenvalue weighted by Gasteiger charge is -2.20. The third-order valence-corrected chi connectivity index (χ3v) is 3.15. The number of hydrogen-bond donors (Lipinski definition) is 1. The lowest BCUT2D eigenvalue weighted by atomic mass is 10.0. The van der Waals surface area contributed by atoms with Gasteiger partial charge in [0.2, 0.25) is 0 Å². The zero-order valence-electron chi connectivity index (χ0n) is 10.0. The van der Waals surface area contributed by atoms with Crippen LogP contribution in [0.5, 0.6) is 5.75 Å². The molecule has 0 amide bonds. The summed E-state index contributed by atoms with van der Waals surface area (Å²) in [5.74, 6) is 0.734. The lowest BCUT2D eigenvalue weighted by Crippen LogP contribution is -2.28. The van der Waals surface area contributed by atoms with E-state index < -0.39 is 0 Å². The average molecular weight is 225 g/mol. The fraction of sp³-hybridized carbons (Fsp3) is 0.727. The first-order valence-electron chi connectivity index (χ1n) is 5.60. The molecule has 5 heteroatoms. The van der Waals surface area contributed by atoms with Gasteiger partial charge in [0.15, 0.2) is 5.75 Å². The first-order valence-corrected chi connectivity index (χ1v) is 5.60. The van der Waals surface area contributed by atoms with Gasteiger partial charge in [0, 0.05) is 7.05 Å². The molecule has 1 saturated heterocycles. The molecule has 0 aliphatic carbocycles. The number of methoxy groups -OCH3 is 1. The van der Waals surface area contributed by atoms with Gasteiger partial charge in [0.05, 0.1) is 37.3 Å². The van der Waals surface area contributed by atoms with E-state index in [1.54, 1.807) is 18.0 Å². The molecular formula is C11H19N3O2. The summed E-state index contributed by atoms with van der Waals surface area (Å²) >= 11 is 0. The van der Waals surface area contributed by atoms with Crippen LogP contribution in [0.3, 0.4) is 0 Å². The minimum Gasteiger partial charge on any atom is -0.493 e. The molecule has 0 saturated carbocycles. The van der Waals surface area contributed by atoms with Crippen LogP contribution in [0, 0.1) is 0 Å². The van der Waals surface area contributed by atoms with E-state index in [1.807, 2.05) is 7.05 Å². The van der Waals surface area contributed by atoms with Gasteiger partial charge in [-0.1, -0.05) is 0 Å². The van der Waals surface area contributed by atoms with Crippen LogP contribution in [0.2, 0.25) is 0 Å². The van der Waals surface area contributed by atoms with Crippen molar-refractivity contribution in [2.75, 3.05) is 7.11 Å². The van der Waals surface area contributed by atoms with Crippen molar-refractivity contribution in [1.29, 1.82) is 0 Å². The van der Waals surface area contributed by atoms with E-state index >= 15 is 0 Å². The van der Waals surface area contributed by atoms with Crippen LogP contribution in [0.25, 0.3) is 0 Å². The highest BCUT2D eigenvalue weighted by molar-refractivity contribution is 5.28. The second-order valence-electron chi connectivity index (χ2n) is 4.31. The molecule has 1 aromatic heterocycles. The molecule has 0 bridgehead atoms. The third kappa shape index (κ3) is 1.92. The first kappa shape index (κ1) is 11.4. The Kier molecular flexibility index (Phi) is 3.16. The summed E-state index contributed by atoms with van der Waals surface area (Å²) in [5.41, 5.74) is 7.12. The summed E-state index contributed by atoms with van der Waals surface area (Å²) in [6.07, 6.45) is 4.12. The van der Waals surface area contributed by atoms with Gasteiger partial charge < -0.3 is 15.2 Å². The van der Waals surface area contributed by atoms with Crippen LogP contribution in [-0.2, 0) is 11.8 Å². The standard InChI is InChI=1S/C11H19N3O2/c1-7-4-5-8(16-7)10(12)11-9(15-3)6-13-14(11)2/h6-8,10H,4-5,12H2,1-3H3. The van der Waals surface area contributed by atoms with Gasteiger partial charge in [0.1, 0.15) is 0 Å². The van der Waals surface area contributed by atoms with Crippen LogP contribution < -0.4 is 10.5 Å². The quantitative estimate of drug-likeness (QED) is 0.833. The molecule has 1 aromatic rings. The molecule has 5 nitrogen and oxygen atoms in total. The van der Waals surface area contributed by atoms with Gasteiger partial charge in [-0.25, -0.2) is 0 Å². The van der Waals surface area contributed by atoms with E-state index in [9.17, 15) is 0 Å². The van der Waals surface area contributed by atoms with E-state index in [1.165, 1.54) is 0 Å². The normalized spacial score (nSPS) is 27.0. The molecule has 3 atom stereocenters. The first-order chi connectivity index (χ1) is 7.63. The van der Waals surface area contributed by atoms with E-state index in [4.69, 9.17) is 15.2 Å². The monoisotopic (exact) mass is 225 g/mol. The summed E-state index contributed by atoms with van der Waals surface area (Å²) < 4.78 is 12.8. The maximum absolute atomic E-state index is 6.22. The Hall–Kier alpha value is -1.07. The highest BCUT2D eigenvalue weighted by Crippen LogP contribution is 2.32. The molecule has 1 aliphatic heterocycles. The molecular weight excluding hydrogens is 206 g/mol. The molecule has 0 aromatic carbocycles. The van der Waals surface area contributed by atoms with Gasteiger partial charge in [-0.3, -0.25) is 4.68 Å². The Morgan fingerprint density at radius 2 is 2.38 bits per heavy atom. The number of rotatable bonds is 3. The van der Waals surface area contributed by atoms with Crippen LogP contribution in [0.4, 0.5) is 0 Å². The van der Waals surface area contributed by atoms with Gasteiger partial charge in [-0.2, -0.15) is 5.10 Å². The van der Waals surface area contributed by atoms with Crippen LogP contribution in [0.1, 0.15) is 31.5 Å². The zero-order valence-corrected chi connectivity index (χ0v) is 10.0. The highest BCUT2D eigenvalue weighted by atomic mass is 16.5. The van der Waals surface area contributed by atoms with Crippen molar-refractivity contribution in [3.05, 3.63) is 11.9 Å². The molecule has 2 N–H and O–H groups in total. The van der Waals surface area contributed by atoms with Crippen LogP contribution in [0.15, 0.2) is 6.20 Å². The summed E-state index contributed by atoms with van der Waals surface area (Å²) in [7, 11) is 3.50. The van der Waals surface area contributed by atoms with Crippen LogP contribution >= 0.6 is 0 Å². The molecule has 16 heavy (non-hydrogen) atoms. The van der Waals surface area contributed by atoms with E-state index in [0.717, 1.165) is 24.3 Å². The Balaban J connectivity index is 2.19. The van der Waals surface area contributed by atoms with Crippen molar-refractivity contribution in [1.82, 2.24) is 9.78 Å². The SMILES string of the molecule is COc1cnn(C)c1C(N)C1CCC(C)O1. The number of ether oxygens (including phenoxy) is 2. The van der Waals surface area contributed by atoms with Gasteiger partial charge >= 0.3 is 0 Å². The lowest BCUT2D eigenvalue weighted by molar-refractivity contribution is 0.0381. The second-order valence-corrected chi connectivity index (χ2v) is 4.31. The summed E-state index contributed by atoms with van der Waals surface area (Å²) in [4.78, 5) is 0. The van der Waals surface area contributed by atoms with Crippen molar-refractivity contribution in [3.63, 3.8) is 0 Å². The third-order valence-electron chi connectivity index (χ3n) is 3.15. The number of aromatic nitrogens is 2. The summed E-state index contributed by atoms with van der Waals surface area (Å²) in [6, 6.07) is -0.174. The number of nitrogens with zero attached hydrogens (tertiary/aromatic N) is 2. The molecule has 1 fully saturated rings. The number of aryl methyl sites for hydroxylation is 1. The van der Waals surface area contributed by atoms with Crippen molar-refractivity contribution in [3.8, 4) is 5.75 Å². The molecule has 90 valence electrons. The Labute approximate surface area is 95.5 Å². The Morgan fingerprint density at radius 3 is 2.94 bits per heavy atom. The molecule has 0 radical (unpaired) electrons. The van der Waals surface area contributed by atoms with Gasteiger partial charge in [0.25, 0.3) is 0 Å². The predicted molar refractivity (Wildman–Crippen MR) is 60.3 cm³/mol. The molecule has 2 rings (SSSR count). The van der Waals surface area contributed by atoms with E-state index in [-0.39, 0.29) is 12.1 Å². The van der Waals surface area contributed by atoms with E-state index in [2.05, 4.69) is 12.0 Å². The highest BCUT2D eigenvalue weighted by Gasteiger charge is 2.31. The molecule has 3 unspecified atom stereocenters. The molecule has 2 heterocycles. The Bertz CT molecular complexity index is 364. The number of nitrogens with two attached hydrogens (primary N) is 1. The smallest absolute Gasteiger partial charge is 0.161 e.